The van der Waals surface area contributed by atoms with Crippen molar-refractivity contribution in [2.45, 2.75) is 25.0 Å². The number of methoxy groups -OCH3 is 1. The highest BCUT2D eigenvalue weighted by Gasteiger charge is 2.35. The van der Waals surface area contributed by atoms with E-state index in [1.807, 2.05) is 12.1 Å². The van der Waals surface area contributed by atoms with E-state index in [0.717, 1.165) is 39.1 Å². The minimum Gasteiger partial charge on any atom is -0.380 e. The molecule has 0 radical (unpaired) electrons. The lowest BCUT2D eigenvalue weighted by atomic mass is 9.87. The number of nitrogens with zero attached hydrogens (tertiary/aromatic N) is 1. The molecule has 1 aromatic carbocycles. The summed E-state index contributed by atoms with van der Waals surface area (Å²) in [5, 5.41) is 0. The number of hydrogen-bond donors (Lipinski definition) is 0. The maximum atomic E-state index is 13.0. The van der Waals surface area contributed by atoms with Gasteiger partial charge in [-0.2, -0.15) is 0 Å². The third kappa shape index (κ3) is 3.03. The van der Waals surface area contributed by atoms with Crippen LogP contribution < -0.4 is 0 Å². The van der Waals surface area contributed by atoms with Crippen LogP contribution in [0.3, 0.4) is 0 Å². The fraction of sp³-hybridized carbons (Fsp3) is 0.625. The molecule has 110 valence electrons. The fourth-order valence-electron chi connectivity index (χ4n) is 3.18. The van der Waals surface area contributed by atoms with Crippen LogP contribution in [0, 0.1) is 11.7 Å². The second-order valence-corrected chi connectivity index (χ2v) is 5.84. The van der Waals surface area contributed by atoms with Gasteiger partial charge in [0.25, 0.3) is 0 Å². The van der Waals surface area contributed by atoms with Crippen molar-refractivity contribution in [3.63, 3.8) is 0 Å². The fourth-order valence-corrected chi connectivity index (χ4v) is 3.18. The molecule has 0 saturated carbocycles. The van der Waals surface area contributed by atoms with E-state index >= 15 is 0 Å². The molecule has 3 nitrogen and oxygen atoms in total. The highest BCUT2D eigenvalue weighted by atomic mass is 19.1. The molecule has 3 rings (SSSR count). The quantitative estimate of drug-likeness (QED) is 0.842. The predicted octanol–water partition coefficient (Wildman–Crippen LogP) is 2.10. The average molecular weight is 279 g/mol. The molecule has 20 heavy (non-hydrogen) atoms. The highest BCUT2D eigenvalue weighted by molar-refractivity contribution is 5.17. The molecule has 1 aromatic rings. The Bertz CT molecular complexity index is 433. The van der Waals surface area contributed by atoms with Crippen molar-refractivity contribution in [2.24, 2.45) is 5.92 Å². The Morgan fingerprint density at radius 2 is 2.05 bits per heavy atom. The third-order valence-corrected chi connectivity index (χ3v) is 4.58. The molecule has 0 spiro atoms. The van der Waals surface area contributed by atoms with Crippen molar-refractivity contribution in [1.82, 2.24) is 4.90 Å². The molecule has 2 aliphatic rings. The van der Waals surface area contributed by atoms with E-state index in [1.165, 1.54) is 17.7 Å². The molecule has 2 atom stereocenters. The van der Waals surface area contributed by atoms with Gasteiger partial charge in [0, 0.05) is 13.7 Å². The van der Waals surface area contributed by atoms with Crippen LogP contribution in [0.1, 0.15) is 12.0 Å². The van der Waals surface area contributed by atoms with Crippen molar-refractivity contribution in [3.8, 4) is 0 Å². The van der Waals surface area contributed by atoms with Gasteiger partial charge in [-0.3, -0.25) is 4.90 Å². The number of rotatable bonds is 4. The molecule has 0 unspecified atom stereocenters. The van der Waals surface area contributed by atoms with Crippen molar-refractivity contribution in [2.75, 3.05) is 33.4 Å². The summed E-state index contributed by atoms with van der Waals surface area (Å²) in [7, 11) is 1.79. The summed E-state index contributed by atoms with van der Waals surface area (Å²) in [6.07, 6.45) is 2.36. The molecule has 0 bridgehead atoms. The Labute approximate surface area is 119 Å². The zero-order valence-corrected chi connectivity index (χ0v) is 11.9. The Morgan fingerprint density at radius 1 is 1.30 bits per heavy atom. The molecule has 2 saturated heterocycles. The summed E-state index contributed by atoms with van der Waals surface area (Å²) >= 11 is 0. The van der Waals surface area contributed by atoms with Gasteiger partial charge in [-0.05, 0) is 43.0 Å². The van der Waals surface area contributed by atoms with Crippen LogP contribution in [0.15, 0.2) is 24.3 Å². The lowest BCUT2D eigenvalue weighted by molar-refractivity contribution is -0.102. The first-order valence-electron chi connectivity index (χ1n) is 7.35. The molecule has 0 N–H and O–H groups in total. The third-order valence-electron chi connectivity index (χ3n) is 4.58. The van der Waals surface area contributed by atoms with Crippen molar-refractivity contribution in [1.29, 1.82) is 0 Å². The smallest absolute Gasteiger partial charge is 0.123 e. The Balaban J connectivity index is 1.60. The zero-order chi connectivity index (χ0) is 13.9. The topological polar surface area (TPSA) is 21.7 Å². The van der Waals surface area contributed by atoms with Gasteiger partial charge in [0.15, 0.2) is 0 Å². The van der Waals surface area contributed by atoms with Crippen LogP contribution in [-0.2, 0) is 15.9 Å². The first-order chi connectivity index (χ1) is 9.76. The molecule has 0 aromatic heterocycles. The van der Waals surface area contributed by atoms with Gasteiger partial charge in [0.2, 0.25) is 0 Å². The van der Waals surface area contributed by atoms with Crippen molar-refractivity contribution < 1.29 is 13.9 Å². The van der Waals surface area contributed by atoms with E-state index in [-0.39, 0.29) is 11.9 Å². The number of benzene rings is 1. The van der Waals surface area contributed by atoms with Crippen LogP contribution in [0.4, 0.5) is 4.39 Å². The molecular weight excluding hydrogens is 257 g/mol. The molecule has 2 heterocycles. The highest BCUT2D eigenvalue weighted by Crippen LogP contribution is 2.27. The molecule has 2 aliphatic heterocycles. The zero-order valence-electron chi connectivity index (χ0n) is 11.9. The number of likely N-dealkylation sites (tertiary alicyclic amines) is 1. The van der Waals surface area contributed by atoms with Gasteiger partial charge < -0.3 is 9.47 Å². The van der Waals surface area contributed by atoms with Crippen molar-refractivity contribution >= 4 is 0 Å². The number of hydrogen-bond acceptors (Lipinski definition) is 3. The van der Waals surface area contributed by atoms with E-state index in [2.05, 4.69) is 4.90 Å². The lowest BCUT2D eigenvalue weighted by Crippen LogP contribution is -2.56. The summed E-state index contributed by atoms with van der Waals surface area (Å²) in [5.74, 6) is 0.347. The van der Waals surface area contributed by atoms with Gasteiger partial charge in [0.05, 0.1) is 25.4 Å². The van der Waals surface area contributed by atoms with Crippen LogP contribution in [0.5, 0.6) is 0 Å². The Kier molecular flexibility index (Phi) is 4.34. The maximum absolute atomic E-state index is 13.0. The SMILES string of the molecule is CO[C@@H]1CN(C2COC2)CC[C@@H]1Cc1ccc(F)cc1. The lowest BCUT2D eigenvalue weighted by Gasteiger charge is -2.44. The molecule has 0 amide bonds. The minimum absolute atomic E-state index is 0.170. The van der Waals surface area contributed by atoms with Crippen LogP contribution in [0.2, 0.25) is 0 Å². The monoisotopic (exact) mass is 279 g/mol. The first-order valence-corrected chi connectivity index (χ1v) is 7.35. The van der Waals surface area contributed by atoms with E-state index in [9.17, 15) is 4.39 Å². The van der Waals surface area contributed by atoms with Gasteiger partial charge >= 0.3 is 0 Å². The summed E-state index contributed by atoms with van der Waals surface area (Å²) in [4.78, 5) is 2.48. The minimum atomic E-state index is -0.170. The Hall–Kier alpha value is -0.970. The summed E-state index contributed by atoms with van der Waals surface area (Å²) < 4.78 is 23.9. The average Bonchev–Trinajstić information content (AvgIpc) is 2.41. The molecule has 0 aliphatic carbocycles. The normalized spacial score (nSPS) is 28.3. The first kappa shape index (κ1) is 14.0. The summed E-state index contributed by atoms with van der Waals surface area (Å²) in [5.41, 5.74) is 1.19. The summed E-state index contributed by atoms with van der Waals surface area (Å²) in [6, 6.07) is 7.43. The van der Waals surface area contributed by atoms with Crippen molar-refractivity contribution in [3.05, 3.63) is 35.6 Å². The number of ether oxygens (including phenoxy) is 2. The Morgan fingerprint density at radius 3 is 2.65 bits per heavy atom. The maximum Gasteiger partial charge on any atom is 0.123 e. The van der Waals surface area contributed by atoms with Crippen LogP contribution in [-0.4, -0.2) is 50.5 Å². The largest absolute Gasteiger partial charge is 0.380 e. The van der Waals surface area contributed by atoms with Gasteiger partial charge in [-0.15, -0.1) is 0 Å². The van der Waals surface area contributed by atoms with Crippen LogP contribution in [0.25, 0.3) is 0 Å². The van der Waals surface area contributed by atoms with E-state index in [1.54, 1.807) is 7.11 Å². The number of halogens is 1. The van der Waals surface area contributed by atoms with Gasteiger partial charge in [0.1, 0.15) is 5.82 Å². The van der Waals surface area contributed by atoms with E-state index in [4.69, 9.17) is 9.47 Å². The molecule has 4 heteroatoms. The van der Waals surface area contributed by atoms with E-state index in [0.29, 0.717) is 12.0 Å². The summed E-state index contributed by atoms with van der Waals surface area (Å²) in [6.45, 7) is 3.81. The second kappa shape index (κ2) is 6.20. The predicted molar refractivity (Wildman–Crippen MR) is 75.2 cm³/mol. The standard InChI is InChI=1S/C16H22FNO2/c1-19-16-9-18(15-10-20-11-15)7-6-13(16)8-12-2-4-14(17)5-3-12/h2-5,13,15-16H,6-11H2,1H3/t13-,16-/m1/s1. The van der Waals surface area contributed by atoms with Gasteiger partial charge in [-0.1, -0.05) is 12.1 Å². The second-order valence-electron chi connectivity index (χ2n) is 5.84. The molecular formula is C16H22FNO2. The van der Waals surface area contributed by atoms with E-state index < -0.39 is 0 Å². The van der Waals surface area contributed by atoms with Gasteiger partial charge in [-0.25, -0.2) is 4.39 Å². The van der Waals surface area contributed by atoms with Crippen LogP contribution >= 0.6 is 0 Å². The number of piperidine rings is 1. The molecule has 2 fully saturated rings.